The highest BCUT2D eigenvalue weighted by atomic mass is 16.3. The lowest BCUT2D eigenvalue weighted by Gasteiger charge is -2.13. The number of amides is 1. The lowest BCUT2D eigenvalue weighted by Crippen LogP contribution is -2.29. The Labute approximate surface area is 85.3 Å². The first-order chi connectivity index (χ1) is 6.74. The van der Waals surface area contributed by atoms with E-state index in [0.29, 0.717) is 25.3 Å². The third-order valence-electron chi connectivity index (χ3n) is 2.26. The van der Waals surface area contributed by atoms with Crippen molar-refractivity contribution in [2.75, 3.05) is 19.8 Å². The van der Waals surface area contributed by atoms with Gasteiger partial charge >= 0.3 is 0 Å². The molecule has 1 unspecified atom stereocenters. The maximum atomic E-state index is 11.1. The van der Waals surface area contributed by atoms with Crippen molar-refractivity contribution >= 4 is 5.91 Å². The van der Waals surface area contributed by atoms with Crippen molar-refractivity contribution in [3.63, 3.8) is 0 Å². The van der Waals surface area contributed by atoms with Crippen molar-refractivity contribution in [1.82, 2.24) is 5.32 Å². The summed E-state index contributed by atoms with van der Waals surface area (Å²) in [6, 6.07) is 0. The van der Waals surface area contributed by atoms with Gasteiger partial charge in [0.1, 0.15) is 0 Å². The summed E-state index contributed by atoms with van der Waals surface area (Å²) < 4.78 is 0. The smallest absolute Gasteiger partial charge is 0.220 e. The van der Waals surface area contributed by atoms with Crippen LogP contribution in [0.3, 0.4) is 0 Å². The van der Waals surface area contributed by atoms with Crippen LogP contribution in [0.2, 0.25) is 0 Å². The number of carbonyl (C=O) groups is 1. The van der Waals surface area contributed by atoms with Crippen molar-refractivity contribution in [2.24, 2.45) is 5.92 Å². The average molecular weight is 203 g/mol. The van der Waals surface area contributed by atoms with Crippen LogP contribution in [0.15, 0.2) is 0 Å². The molecule has 0 saturated heterocycles. The zero-order valence-electron chi connectivity index (χ0n) is 8.83. The van der Waals surface area contributed by atoms with Crippen molar-refractivity contribution < 1.29 is 15.0 Å². The molecule has 0 fully saturated rings. The number of hydrogen-bond donors (Lipinski definition) is 3. The maximum Gasteiger partial charge on any atom is 0.220 e. The van der Waals surface area contributed by atoms with Gasteiger partial charge in [0, 0.05) is 26.2 Å². The Balaban J connectivity index is 3.52. The van der Waals surface area contributed by atoms with Gasteiger partial charge in [-0.1, -0.05) is 13.3 Å². The van der Waals surface area contributed by atoms with Gasteiger partial charge in [0.15, 0.2) is 0 Å². The van der Waals surface area contributed by atoms with Crippen LogP contribution in [0.1, 0.15) is 32.6 Å². The molecule has 14 heavy (non-hydrogen) atoms. The van der Waals surface area contributed by atoms with Crippen LogP contribution in [0.4, 0.5) is 0 Å². The molecule has 4 heteroatoms. The van der Waals surface area contributed by atoms with Gasteiger partial charge in [0.2, 0.25) is 5.91 Å². The second kappa shape index (κ2) is 8.97. The highest BCUT2D eigenvalue weighted by molar-refractivity contribution is 5.75. The molecule has 0 spiro atoms. The van der Waals surface area contributed by atoms with Crippen LogP contribution >= 0.6 is 0 Å². The minimum atomic E-state index is -0.0181. The molecule has 1 amide bonds. The number of aliphatic hydroxyl groups is 2. The van der Waals surface area contributed by atoms with Crippen LogP contribution in [0.5, 0.6) is 0 Å². The second-order valence-corrected chi connectivity index (χ2v) is 3.42. The minimum absolute atomic E-state index is 0.0181. The van der Waals surface area contributed by atoms with Gasteiger partial charge in [-0.25, -0.2) is 0 Å². The fourth-order valence-corrected chi connectivity index (χ4v) is 1.22. The van der Waals surface area contributed by atoms with E-state index in [1.165, 1.54) is 0 Å². The normalized spacial score (nSPS) is 12.5. The number of nitrogens with one attached hydrogen (secondary N) is 1. The Hall–Kier alpha value is -0.610. The van der Waals surface area contributed by atoms with E-state index in [4.69, 9.17) is 10.2 Å². The summed E-state index contributed by atoms with van der Waals surface area (Å²) in [5.74, 6) is 0.341. The Morgan fingerprint density at radius 2 is 2.07 bits per heavy atom. The molecule has 0 aromatic rings. The molecular weight excluding hydrogens is 182 g/mol. The highest BCUT2D eigenvalue weighted by Gasteiger charge is 2.07. The van der Waals surface area contributed by atoms with Crippen LogP contribution in [0, 0.1) is 5.92 Å². The molecule has 0 aromatic carbocycles. The summed E-state index contributed by atoms with van der Waals surface area (Å²) in [4.78, 5) is 11.1. The van der Waals surface area contributed by atoms with Crippen molar-refractivity contribution in [2.45, 2.75) is 32.6 Å². The van der Waals surface area contributed by atoms with Crippen molar-refractivity contribution in [3.8, 4) is 0 Å². The molecule has 0 heterocycles. The minimum Gasteiger partial charge on any atom is -0.396 e. The first-order valence-electron chi connectivity index (χ1n) is 5.23. The lowest BCUT2D eigenvalue weighted by atomic mass is 10.0. The SMILES string of the molecule is CCC(CCO)CNC(=O)CCCO. The third-order valence-corrected chi connectivity index (χ3v) is 2.26. The standard InChI is InChI=1S/C10H21NO3/c1-2-9(5-7-13)8-11-10(14)4-3-6-12/h9,12-13H,2-8H2,1H3,(H,11,14). The molecule has 1 atom stereocenters. The van der Waals surface area contributed by atoms with E-state index in [1.54, 1.807) is 0 Å². The van der Waals surface area contributed by atoms with Gasteiger partial charge in [-0.3, -0.25) is 4.79 Å². The summed E-state index contributed by atoms with van der Waals surface area (Å²) in [5, 5.41) is 20.0. The predicted octanol–water partition coefficient (Wildman–Crippen LogP) is 0.284. The zero-order valence-corrected chi connectivity index (χ0v) is 8.83. The summed E-state index contributed by atoms with van der Waals surface area (Å²) in [7, 11) is 0. The number of hydrogen-bond acceptors (Lipinski definition) is 3. The van der Waals surface area contributed by atoms with E-state index < -0.39 is 0 Å². The topological polar surface area (TPSA) is 69.6 Å². The van der Waals surface area contributed by atoms with Gasteiger partial charge in [-0.05, 0) is 18.8 Å². The van der Waals surface area contributed by atoms with E-state index in [0.717, 1.165) is 12.8 Å². The van der Waals surface area contributed by atoms with Crippen LogP contribution in [-0.4, -0.2) is 35.9 Å². The second-order valence-electron chi connectivity index (χ2n) is 3.42. The third kappa shape index (κ3) is 6.86. The molecule has 3 N–H and O–H groups in total. The molecule has 0 aliphatic heterocycles. The molecular formula is C10H21NO3. The molecule has 0 rings (SSSR count). The average Bonchev–Trinajstić information content (AvgIpc) is 2.21. The Bertz CT molecular complexity index is 150. The van der Waals surface area contributed by atoms with E-state index >= 15 is 0 Å². The number of aliphatic hydroxyl groups excluding tert-OH is 2. The molecule has 0 aliphatic rings. The van der Waals surface area contributed by atoms with E-state index in [9.17, 15) is 4.79 Å². The summed E-state index contributed by atoms with van der Waals surface area (Å²) in [6.45, 7) is 2.90. The van der Waals surface area contributed by atoms with Gasteiger partial charge in [-0.2, -0.15) is 0 Å². The van der Waals surface area contributed by atoms with Crippen molar-refractivity contribution in [3.05, 3.63) is 0 Å². The summed E-state index contributed by atoms with van der Waals surface area (Å²) >= 11 is 0. The Morgan fingerprint density at radius 1 is 1.36 bits per heavy atom. The predicted molar refractivity (Wildman–Crippen MR) is 54.8 cm³/mol. The van der Waals surface area contributed by atoms with Gasteiger partial charge in [0.25, 0.3) is 0 Å². The molecule has 84 valence electrons. The lowest BCUT2D eigenvalue weighted by molar-refractivity contribution is -0.121. The molecule has 0 saturated carbocycles. The Kier molecular flexibility index (Phi) is 8.57. The zero-order chi connectivity index (χ0) is 10.8. The summed E-state index contributed by atoms with van der Waals surface area (Å²) in [6.07, 6.45) is 2.59. The first kappa shape index (κ1) is 13.4. The van der Waals surface area contributed by atoms with Gasteiger partial charge in [-0.15, -0.1) is 0 Å². The van der Waals surface area contributed by atoms with Gasteiger partial charge < -0.3 is 15.5 Å². The fourth-order valence-electron chi connectivity index (χ4n) is 1.22. The molecule has 0 bridgehead atoms. The summed E-state index contributed by atoms with van der Waals surface area (Å²) in [5.41, 5.74) is 0. The van der Waals surface area contributed by atoms with Crippen molar-refractivity contribution in [1.29, 1.82) is 0 Å². The molecule has 0 radical (unpaired) electrons. The largest absolute Gasteiger partial charge is 0.396 e. The van der Waals surface area contributed by atoms with E-state index in [-0.39, 0.29) is 19.1 Å². The Morgan fingerprint density at radius 3 is 2.57 bits per heavy atom. The molecule has 0 aliphatic carbocycles. The monoisotopic (exact) mass is 203 g/mol. The first-order valence-corrected chi connectivity index (χ1v) is 5.23. The molecule has 0 aromatic heterocycles. The molecule has 4 nitrogen and oxygen atoms in total. The highest BCUT2D eigenvalue weighted by Crippen LogP contribution is 2.05. The van der Waals surface area contributed by atoms with E-state index in [2.05, 4.69) is 5.32 Å². The van der Waals surface area contributed by atoms with Crippen LogP contribution < -0.4 is 5.32 Å². The maximum absolute atomic E-state index is 11.1. The van der Waals surface area contributed by atoms with E-state index in [1.807, 2.05) is 6.92 Å². The van der Waals surface area contributed by atoms with Gasteiger partial charge in [0.05, 0.1) is 0 Å². The number of carbonyl (C=O) groups excluding carboxylic acids is 1. The quantitative estimate of drug-likeness (QED) is 0.531. The fraction of sp³-hybridized carbons (Fsp3) is 0.900. The number of rotatable bonds is 8. The van der Waals surface area contributed by atoms with Crippen LogP contribution in [-0.2, 0) is 4.79 Å². The van der Waals surface area contributed by atoms with Crippen LogP contribution in [0.25, 0.3) is 0 Å².